The molecule has 0 amide bonds. The van der Waals surface area contributed by atoms with Crippen LogP contribution in [0.3, 0.4) is 0 Å². The van der Waals surface area contributed by atoms with Crippen LogP contribution in [-0.2, 0) is 0 Å². The van der Waals surface area contributed by atoms with Crippen molar-refractivity contribution in [3.8, 4) is 0 Å². The van der Waals surface area contributed by atoms with Crippen LogP contribution < -0.4 is 0 Å². The molecule has 0 aliphatic heterocycles. The third-order valence-electron chi connectivity index (χ3n) is 2.29. The topological polar surface area (TPSA) is 40.5 Å². The van der Waals surface area contributed by atoms with Gasteiger partial charge in [-0.3, -0.25) is 0 Å². The fraction of sp³-hybridized carbons (Fsp3) is 0.818. The molecule has 0 radical (unpaired) electrons. The lowest BCUT2D eigenvalue weighted by Gasteiger charge is -2.09. The van der Waals surface area contributed by atoms with Gasteiger partial charge < -0.3 is 10.2 Å². The molecule has 13 heavy (non-hydrogen) atoms. The Balaban J connectivity index is 3.09. The highest BCUT2D eigenvalue weighted by Crippen LogP contribution is 2.10. The molecule has 0 bridgehead atoms. The van der Waals surface area contributed by atoms with Crippen molar-refractivity contribution < 1.29 is 10.2 Å². The SMILES string of the molecule is C=CCCCCCCC(CO)CO. The molecule has 78 valence electrons. The summed E-state index contributed by atoms with van der Waals surface area (Å²) in [6.45, 7) is 3.90. The summed E-state index contributed by atoms with van der Waals surface area (Å²) < 4.78 is 0. The zero-order valence-corrected chi connectivity index (χ0v) is 8.41. The molecule has 0 aromatic rings. The van der Waals surface area contributed by atoms with E-state index in [-0.39, 0.29) is 19.1 Å². The Kier molecular flexibility index (Phi) is 9.49. The molecular formula is C11H22O2. The predicted octanol–water partition coefficient (Wildman–Crippen LogP) is 2.11. The van der Waals surface area contributed by atoms with Crippen molar-refractivity contribution in [2.75, 3.05) is 13.2 Å². The summed E-state index contributed by atoms with van der Waals surface area (Å²) in [7, 11) is 0. The average Bonchev–Trinajstić information content (AvgIpc) is 2.17. The van der Waals surface area contributed by atoms with Gasteiger partial charge in [-0.2, -0.15) is 0 Å². The van der Waals surface area contributed by atoms with Crippen LogP contribution in [0.1, 0.15) is 38.5 Å². The van der Waals surface area contributed by atoms with E-state index < -0.39 is 0 Å². The molecule has 2 nitrogen and oxygen atoms in total. The maximum absolute atomic E-state index is 8.79. The smallest absolute Gasteiger partial charge is 0.0481 e. The Morgan fingerprint density at radius 1 is 1.00 bits per heavy atom. The molecule has 0 atom stereocenters. The van der Waals surface area contributed by atoms with Crippen LogP contribution in [0, 0.1) is 5.92 Å². The Morgan fingerprint density at radius 3 is 2.15 bits per heavy atom. The molecule has 0 saturated heterocycles. The number of unbranched alkanes of at least 4 members (excludes halogenated alkanes) is 4. The predicted molar refractivity (Wildman–Crippen MR) is 55.6 cm³/mol. The highest BCUT2D eigenvalue weighted by atomic mass is 16.3. The second kappa shape index (κ2) is 9.75. The van der Waals surface area contributed by atoms with E-state index in [1.54, 1.807) is 0 Å². The van der Waals surface area contributed by atoms with Gasteiger partial charge in [-0.05, 0) is 19.3 Å². The van der Waals surface area contributed by atoms with Crippen molar-refractivity contribution in [2.45, 2.75) is 38.5 Å². The number of aliphatic hydroxyl groups excluding tert-OH is 2. The summed E-state index contributed by atoms with van der Waals surface area (Å²) in [5.41, 5.74) is 0. The molecule has 0 rings (SSSR count). The lowest BCUT2D eigenvalue weighted by Crippen LogP contribution is -2.10. The molecular weight excluding hydrogens is 164 g/mol. The van der Waals surface area contributed by atoms with Crippen LogP contribution >= 0.6 is 0 Å². The number of hydrogen-bond acceptors (Lipinski definition) is 2. The first-order valence-electron chi connectivity index (χ1n) is 5.17. The van der Waals surface area contributed by atoms with Gasteiger partial charge in [0.05, 0.1) is 0 Å². The van der Waals surface area contributed by atoms with E-state index in [0.717, 1.165) is 19.3 Å². The van der Waals surface area contributed by atoms with E-state index in [1.807, 2.05) is 6.08 Å². The van der Waals surface area contributed by atoms with Crippen LogP contribution in [0.5, 0.6) is 0 Å². The third-order valence-corrected chi connectivity index (χ3v) is 2.29. The quantitative estimate of drug-likeness (QED) is 0.428. The monoisotopic (exact) mass is 186 g/mol. The van der Waals surface area contributed by atoms with E-state index >= 15 is 0 Å². The Labute approximate surface area is 81.3 Å². The van der Waals surface area contributed by atoms with Gasteiger partial charge in [0.2, 0.25) is 0 Å². The van der Waals surface area contributed by atoms with Gasteiger partial charge >= 0.3 is 0 Å². The fourth-order valence-corrected chi connectivity index (χ4v) is 1.32. The van der Waals surface area contributed by atoms with Gasteiger partial charge in [0, 0.05) is 19.1 Å². The highest BCUT2D eigenvalue weighted by Gasteiger charge is 2.04. The molecule has 0 unspecified atom stereocenters. The summed E-state index contributed by atoms with van der Waals surface area (Å²) >= 11 is 0. The zero-order valence-electron chi connectivity index (χ0n) is 8.41. The summed E-state index contributed by atoms with van der Waals surface area (Å²) in [6, 6.07) is 0. The Bertz CT molecular complexity index is 109. The van der Waals surface area contributed by atoms with E-state index in [9.17, 15) is 0 Å². The molecule has 0 aliphatic carbocycles. The van der Waals surface area contributed by atoms with Crippen molar-refractivity contribution in [3.05, 3.63) is 12.7 Å². The van der Waals surface area contributed by atoms with E-state index in [1.165, 1.54) is 19.3 Å². The van der Waals surface area contributed by atoms with Gasteiger partial charge in [-0.25, -0.2) is 0 Å². The Morgan fingerprint density at radius 2 is 1.62 bits per heavy atom. The van der Waals surface area contributed by atoms with Crippen LogP contribution in [0.4, 0.5) is 0 Å². The van der Waals surface area contributed by atoms with E-state index in [2.05, 4.69) is 6.58 Å². The molecule has 0 aromatic carbocycles. The first-order valence-corrected chi connectivity index (χ1v) is 5.17. The summed E-state index contributed by atoms with van der Waals surface area (Å²) in [4.78, 5) is 0. The lowest BCUT2D eigenvalue weighted by atomic mass is 10.0. The van der Waals surface area contributed by atoms with Crippen molar-refractivity contribution in [3.63, 3.8) is 0 Å². The molecule has 0 saturated carbocycles. The number of rotatable bonds is 9. The van der Waals surface area contributed by atoms with Crippen molar-refractivity contribution >= 4 is 0 Å². The maximum Gasteiger partial charge on any atom is 0.0481 e. The number of aliphatic hydroxyl groups is 2. The third kappa shape index (κ3) is 8.00. The van der Waals surface area contributed by atoms with Crippen molar-refractivity contribution in [2.24, 2.45) is 5.92 Å². The van der Waals surface area contributed by atoms with Gasteiger partial charge in [0.15, 0.2) is 0 Å². The van der Waals surface area contributed by atoms with Gasteiger partial charge in [0.25, 0.3) is 0 Å². The van der Waals surface area contributed by atoms with Gasteiger partial charge in [-0.1, -0.05) is 25.3 Å². The molecule has 0 fully saturated rings. The van der Waals surface area contributed by atoms with Crippen LogP contribution in [0.2, 0.25) is 0 Å². The fourth-order valence-electron chi connectivity index (χ4n) is 1.32. The Hall–Kier alpha value is -0.340. The molecule has 0 aliphatic rings. The minimum Gasteiger partial charge on any atom is -0.396 e. The highest BCUT2D eigenvalue weighted by molar-refractivity contribution is 4.65. The molecule has 2 N–H and O–H groups in total. The molecule has 2 heteroatoms. The zero-order chi connectivity index (χ0) is 9.94. The van der Waals surface area contributed by atoms with Crippen LogP contribution in [0.15, 0.2) is 12.7 Å². The minimum absolute atomic E-state index is 0.0967. The normalized spacial score (nSPS) is 10.7. The molecule has 0 heterocycles. The van der Waals surface area contributed by atoms with Gasteiger partial charge in [-0.15, -0.1) is 6.58 Å². The number of allylic oxidation sites excluding steroid dienone is 1. The lowest BCUT2D eigenvalue weighted by molar-refractivity contribution is 0.141. The standard InChI is InChI=1S/C11H22O2/c1-2-3-4-5-6-7-8-11(9-12)10-13/h2,11-13H,1,3-10H2. The van der Waals surface area contributed by atoms with Crippen LogP contribution in [0.25, 0.3) is 0 Å². The molecule has 0 spiro atoms. The van der Waals surface area contributed by atoms with E-state index in [4.69, 9.17) is 10.2 Å². The summed E-state index contributed by atoms with van der Waals surface area (Å²) in [6.07, 6.45) is 8.75. The van der Waals surface area contributed by atoms with E-state index in [0.29, 0.717) is 0 Å². The van der Waals surface area contributed by atoms with Crippen molar-refractivity contribution in [1.29, 1.82) is 0 Å². The van der Waals surface area contributed by atoms with Gasteiger partial charge in [0.1, 0.15) is 0 Å². The number of hydrogen-bond donors (Lipinski definition) is 2. The maximum atomic E-state index is 8.79. The first-order chi connectivity index (χ1) is 6.35. The largest absolute Gasteiger partial charge is 0.396 e. The molecule has 0 aromatic heterocycles. The van der Waals surface area contributed by atoms with Crippen LogP contribution in [-0.4, -0.2) is 23.4 Å². The van der Waals surface area contributed by atoms with Crippen molar-refractivity contribution in [1.82, 2.24) is 0 Å². The minimum atomic E-state index is 0.0967. The second-order valence-electron chi connectivity index (χ2n) is 3.51. The average molecular weight is 186 g/mol. The second-order valence-corrected chi connectivity index (χ2v) is 3.51. The summed E-state index contributed by atoms with van der Waals surface area (Å²) in [5.74, 6) is 0.0967. The summed E-state index contributed by atoms with van der Waals surface area (Å²) in [5, 5.41) is 17.6. The first kappa shape index (κ1) is 12.7.